The van der Waals surface area contributed by atoms with Gasteiger partial charge in [-0.1, -0.05) is 29.8 Å². The third-order valence-electron chi connectivity index (χ3n) is 3.27. The van der Waals surface area contributed by atoms with Crippen molar-refractivity contribution in [2.45, 2.75) is 13.5 Å². The lowest BCUT2D eigenvalue weighted by atomic mass is 10.2. The fraction of sp³-hybridized carbons (Fsp3) is 0.143. The van der Waals surface area contributed by atoms with Crippen LogP contribution in [0.25, 0.3) is 5.69 Å². The maximum atomic E-state index is 10.7. The largest absolute Gasteiger partial charge is 0.381 e. The zero-order valence-electron chi connectivity index (χ0n) is 11.7. The van der Waals surface area contributed by atoms with E-state index in [1.165, 1.54) is 12.5 Å². The van der Waals surface area contributed by atoms with Gasteiger partial charge in [0.2, 0.25) is 6.33 Å². The molecule has 112 valence electrons. The minimum absolute atomic E-state index is 0.191. The van der Waals surface area contributed by atoms with Crippen LogP contribution in [0.4, 0.5) is 5.82 Å². The monoisotopic (exact) mass is 317 g/mol. The standard InChI is InChI=1S/C14H12ClN5O2/c1-10-12(7-18-8-13(16-9-18)20(21)22)14(15)19(17-10)11-5-3-2-4-6-11/h2-6,8-9H,7H2,1H3. The molecule has 0 radical (unpaired) electrons. The summed E-state index contributed by atoms with van der Waals surface area (Å²) in [4.78, 5) is 13.9. The van der Waals surface area contributed by atoms with Crippen LogP contribution in [0.3, 0.4) is 0 Å². The summed E-state index contributed by atoms with van der Waals surface area (Å²) < 4.78 is 3.26. The van der Waals surface area contributed by atoms with Crippen molar-refractivity contribution in [2.75, 3.05) is 0 Å². The van der Waals surface area contributed by atoms with E-state index >= 15 is 0 Å². The molecule has 0 aliphatic heterocycles. The van der Waals surface area contributed by atoms with Crippen LogP contribution in [0, 0.1) is 17.0 Å². The van der Waals surface area contributed by atoms with Gasteiger partial charge in [-0.3, -0.25) is 0 Å². The number of para-hydroxylation sites is 1. The van der Waals surface area contributed by atoms with Gasteiger partial charge in [-0.2, -0.15) is 5.10 Å². The van der Waals surface area contributed by atoms with Crippen molar-refractivity contribution < 1.29 is 4.92 Å². The van der Waals surface area contributed by atoms with Gasteiger partial charge in [-0.15, -0.1) is 0 Å². The molecule has 0 saturated heterocycles. The van der Waals surface area contributed by atoms with Crippen molar-refractivity contribution in [1.82, 2.24) is 19.3 Å². The van der Waals surface area contributed by atoms with Crippen LogP contribution in [-0.2, 0) is 6.54 Å². The third-order valence-corrected chi connectivity index (χ3v) is 3.66. The first kappa shape index (κ1) is 14.3. The van der Waals surface area contributed by atoms with Crippen molar-refractivity contribution in [3.05, 3.63) is 69.4 Å². The molecule has 22 heavy (non-hydrogen) atoms. The smallest absolute Gasteiger partial charge is 0.358 e. The number of hydrogen-bond donors (Lipinski definition) is 0. The van der Waals surface area contributed by atoms with E-state index < -0.39 is 4.92 Å². The summed E-state index contributed by atoms with van der Waals surface area (Å²) >= 11 is 6.42. The average Bonchev–Trinajstić information content (AvgIpc) is 3.09. The molecule has 0 saturated carbocycles. The van der Waals surface area contributed by atoms with Crippen molar-refractivity contribution in [3.8, 4) is 5.69 Å². The fourth-order valence-corrected chi connectivity index (χ4v) is 2.49. The molecule has 2 aromatic heterocycles. The Labute approximate surface area is 130 Å². The van der Waals surface area contributed by atoms with Gasteiger partial charge in [0, 0.05) is 5.56 Å². The van der Waals surface area contributed by atoms with Crippen LogP contribution in [0.2, 0.25) is 5.15 Å². The second kappa shape index (κ2) is 5.61. The number of rotatable bonds is 4. The van der Waals surface area contributed by atoms with Gasteiger partial charge in [-0.25, -0.2) is 4.68 Å². The van der Waals surface area contributed by atoms with Crippen LogP contribution in [-0.4, -0.2) is 24.3 Å². The Bertz CT molecular complexity index is 825. The van der Waals surface area contributed by atoms with E-state index in [0.717, 1.165) is 16.9 Å². The van der Waals surface area contributed by atoms with Gasteiger partial charge in [0.25, 0.3) is 0 Å². The molecule has 0 amide bonds. The summed E-state index contributed by atoms with van der Waals surface area (Å²) in [5.74, 6) is -0.191. The Balaban J connectivity index is 1.94. The first-order valence-electron chi connectivity index (χ1n) is 6.52. The Hall–Kier alpha value is -2.67. The maximum Gasteiger partial charge on any atom is 0.381 e. The van der Waals surface area contributed by atoms with Gasteiger partial charge in [-0.05, 0) is 29.0 Å². The molecule has 0 bridgehead atoms. The Kier molecular flexibility index (Phi) is 3.64. The molecule has 3 aromatic rings. The van der Waals surface area contributed by atoms with Crippen LogP contribution in [0.1, 0.15) is 11.3 Å². The van der Waals surface area contributed by atoms with E-state index in [2.05, 4.69) is 10.1 Å². The molecule has 0 aliphatic rings. The lowest BCUT2D eigenvalue weighted by Gasteiger charge is -2.03. The lowest BCUT2D eigenvalue weighted by Crippen LogP contribution is -1.99. The van der Waals surface area contributed by atoms with Crippen LogP contribution >= 0.6 is 11.6 Å². The predicted octanol–water partition coefficient (Wildman–Crippen LogP) is 2.99. The lowest BCUT2D eigenvalue weighted by molar-refractivity contribution is -0.389. The Morgan fingerprint density at radius 2 is 2.05 bits per heavy atom. The summed E-state index contributed by atoms with van der Waals surface area (Å²) in [6.45, 7) is 2.23. The molecule has 3 rings (SSSR count). The molecular formula is C14H12ClN5O2. The minimum atomic E-state index is -0.529. The van der Waals surface area contributed by atoms with E-state index in [-0.39, 0.29) is 5.82 Å². The molecule has 0 spiro atoms. The molecule has 1 aromatic carbocycles. The Morgan fingerprint density at radius 1 is 1.32 bits per heavy atom. The van der Waals surface area contributed by atoms with Gasteiger partial charge >= 0.3 is 5.82 Å². The number of nitrogens with zero attached hydrogens (tertiary/aromatic N) is 5. The summed E-state index contributed by atoms with van der Waals surface area (Å²) in [6, 6.07) is 9.54. The van der Waals surface area contributed by atoms with Gasteiger partial charge < -0.3 is 14.7 Å². The quantitative estimate of drug-likeness (QED) is 0.547. The molecule has 0 fully saturated rings. The number of benzene rings is 1. The highest BCUT2D eigenvalue weighted by atomic mass is 35.5. The SMILES string of the molecule is Cc1nn(-c2ccccc2)c(Cl)c1Cn1cnc([N+](=O)[O-])c1. The van der Waals surface area contributed by atoms with Gasteiger partial charge in [0.1, 0.15) is 11.3 Å². The molecule has 0 N–H and O–H groups in total. The molecule has 0 aliphatic carbocycles. The number of halogens is 1. The highest BCUT2D eigenvalue weighted by Crippen LogP contribution is 2.24. The molecule has 0 atom stereocenters. The first-order valence-corrected chi connectivity index (χ1v) is 6.89. The van der Waals surface area contributed by atoms with Gasteiger partial charge in [0.15, 0.2) is 0 Å². The van der Waals surface area contributed by atoms with Crippen molar-refractivity contribution in [1.29, 1.82) is 0 Å². The summed E-state index contributed by atoms with van der Waals surface area (Å²) in [6.07, 6.45) is 2.78. The van der Waals surface area contributed by atoms with Crippen LogP contribution in [0.15, 0.2) is 42.9 Å². The summed E-state index contributed by atoms with van der Waals surface area (Å²) in [5, 5.41) is 15.6. The van der Waals surface area contributed by atoms with Gasteiger partial charge in [0.05, 0.1) is 17.9 Å². The zero-order chi connectivity index (χ0) is 15.7. The molecule has 8 heteroatoms. The molecule has 7 nitrogen and oxygen atoms in total. The number of imidazole rings is 1. The highest BCUT2D eigenvalue weighted by molar-refractivity contribution is 6.30. The van der Waals surface area contributed by atoms with Crippen LogP contribution < -0.4 is 0 Å². The summed E-state index contributed by atoms with van der Waals surface area (Å²) in [5.41, 5.74) is 2.43. The first-order chi connectivity index (χ1) is 10.6. The fourth-order valence-electron chi connectivity index (χ4n) is 2.16. The summed E-state index contributed by atoms with van der Waals surface area (Å²) in [7, 11) is 0. The van der Waals surface area contributed by atoms with E-state index in [0.29, 0.717) is 11.7 Å². The van der Waals surface area contributed by atoms with Crippen LogP contribution in [0.5, 0.6) is 0 Å². The Morgan fingerprint density at radius 3 is 2.68 bits per heavy atom. The molecule has 2 heterocycles. The van der Waals surface area contributed by atoms with Crippen molar-refractivity contribution in [3.63, 3.8) is 0 Å². The minimum Gasteiger partial charge on any atom is -0.358 e. The van der Waals surface area contributed by atoms with E-state index in [1.807, 2.05) is 37.3 Å². The number of aryl methyl sites for hydroxylation is 1. The average molecular weight is 318 g/mol. The van der Waals surface area contributed by atoms with E-state index in [1.54, 1.807) is 9.25 Å². The maximum absolute atomic E-state index is 10.7. The van der Waals surface area contributed by atoms with Crippen molar-refractivity contribution >= 4 is 17.4 Å². The van der Waals surface area contributed by atoms with Crippen molar-refractivity contribution in [2.24, 2.45) is 0 Å². The number of hydrogen-bond acceptors (Lipinski definition) is 4. The predicted molar refractivity (Wildman–Crippen MR) is 81.3 cm³/mol. The van der Waals surface area contributed by atoms with E-state index in [9.17, 15) is 10.1 Å². The highest BCUT2D eigenvalue weighted by Gasteiger charge is 2.17. The normalized spacial score (nSPS) is 10.8. The number of nitro groups is 1. The second-order valence-corrected chi connectivity index (χ2v) is 5.12. The molecular weight excluding hydrogens is 306 g/mol. The van der Waals surface area contributed by atoms with E-state index in [4.69, 9.17) is 11.6 Å². The zero-order valence-corrected chi connectivity index (χ0v) is 12.4. The number of aromatic nitrogens is 4. The second-order valence-electron chi connectivity index (χ2n) is 4.76. The third kappa shape index (κ3) is 2.58. The molecule has 0 unspecified atom stereocenters. The topological polar surface area (TPSA) is 78.8 Å².